The molecule has 140 valence electrons. The first-order valence-electron chi connectivity index (χ1n) is 9.50. The first kappa shape index (κ1) is 18.8. The second kappa shape index (κ2) is 8.14. The molecular weight excluding hydrogens is 334 g/mol. The van der Waals surface area contributed by atoms with E-state index >= 15 is 0 Å². The van der Waals surface area contributed by atoms with Crippen molar-refractivity contribution in [2.75, 3.05) is 32.8 Å². The summed E-state index contributed by atoms with van der Waals surface area (Å²) < 4.78 is 0. The lowest BCUT2D eigenvalue weighted by Gasteiger charge is -2.37. The summed E-state index contributed by atoms with van der Waals surface area (Å²) in [5, 5.41) is 9.88. The third kappa shape index (κ3) is 4.23. The Hall–Kier alpha value is -0.980. The van der Waals surface area contributed by atoms with Crippen LogP contribution in [0.2, 0.25) is 0 Å². The molecule has 1 N–H and O–H groups in total. The molecule has 0 radical (unpaired) electrons. The van der Waals surface area contributed by atoms with Gasteiger partial charge in [0.05, 0.1) is 11.2 Å². The maximum Gasteiger partial charge on any atom is 0.225 e. The Bertz CT molecular complexity index is 581. The topological polar surface area (TPSA) is 56.7 Å². The van der Waals surface area contributed by atoms with E-state index in [2.05, 4.69) is 16.8 Å². The summed E-state index contributed by atoms with van der Waals surface area (Å²) in [5.74, 6) is 1.92. The number of aryl methyl sites for hydroxylation is 1. The fourth-order valence-electron chi connectivity index (χ4n) is 4.44. The molecule has 2 aliphatic rings. The zero-order valence-electron chi connectivity index (χ0n) is 15.6. The molecule has 0 unspecified atom stereocenters. The normalized spacial score (nSPS) is 25.9. The van der Waals surface area contributed by atoms with Gasteiger partial charge in [-0.3, -0.25) is 9.69 Å². The zero-order chi connectivity index (χ0) is 18.0. The SMILES string of the molecule is Cc1ncsc1CN1C[C@@H](CO)[C@H](C2CCN(C(=O)C(C)C)CC2)C1. The van der Waals surface area contributed by atoms with Gasteiger partial charge in [-0.15, -0.1) is 11.3 Å². The molecule has 1 aromatic heterocycles. The van der Waals surface area contributed by atoms with Crippen LogP contribution in [-0.2, 0) is 11.3 Å². The van der Waals surface area contributed by atoms with Crippen LogP contribution in [0, 0.1) is 30.6 Å². The lowest BCUT2D eigenvalue weighted by Crippen LogP contribution is -2.43. The summed E-state index contributed by atoms with van der Waals surface area (Å²) >= 11 is 1.73. The number of rotatable bonds is 5. The van der Waals surface area contributed by atoms with E-state index in [0.29, 0.717) is 17.8 Å². The van der Waals surface area contributed by atoms with Crippen LogP contribution in [-0.4, -0.2) is 58.6 Å². The molecule has 1 amide bonds. The molecule has 2 aliphatic heterocycles. The average Bonchev–Trinajstić information content (AvgIpc) is 3.21. The molecule has 0 aromatic carbocycles. The van der Waals surface area contributed by atoms with Crippen LogP contribution in [0.1, 0.15) is 37.3 Å². The summed E-state index contributed by atoms with van der Waals surface area (Å²) in [7, 11) is 0. The molecule has 3 rings (SSSR count). The van der Waals surface area contributed by atoms with E-state index in [0.717, 1.165) is 51.3 Å². The minimum Gasteiger partial charge on any atom is -0.396 e. The molecule has 1 aromatic rings. The van der Waals surface area contributed by atoms with Crippen molar-refractivity contribution in [1.82, 2.24) is 14.8 Å². The van der Waals surface area contributed by atoms with E-state index in [4.69, 9.17) is 0 Å². The van der Waals surface area contributed by atoms with Crippen LogP contribution in [0.15, 0.2) is 5.51 Å². The minimum atomic E-state index is 0.0892. The number of carbonyl (C=O) groups excluding carboxylic acids is 1. The van der Waals surface area contributed by atoms with Gasteiger partial charge < -0.3 is 10.0 Å². The van der Waals surface area contributed by atoms with Crippen molar-refractivity contribution >= 4 is 17.2 Å². The largest absolute Gasteiger partial charge is 0.396 e. The van der Waals surface area contributed by atoms with Crippen LogP contribution in [0.5, 0.6) is 0 Å². The molecule has 2 fully saturated rings. The molecule has 0 saturated carbocycles. The van der Waals surface area contributed by atoms with Gasteiger partial charge in [-0.2, -0.15) is 0 Å². The van der Waals surface area contributed by atoms with Gasteiger partial charge >= 0.3 is 0 Å². The second-order valence-electron chi connectivity index (χ2n) is 7.98. The molecule has 2 atom stereocenters. The first-order valence-corrected chi connectivity index (χ1v) is 10.4. The Labute approximate surface area is 155 Å². The predicted octanol–water partition coefficient (Wildman–Crippen LogP) is 2.39. The number of nitrogens with zero attached hydrogens (tertiary/aromatic N) is 3. The molecule has 0 aliphatic carbocycles. The molecule has 3 heterocycles. The summed E-state index contributed by atoms with van der Waals surface area (Å²) in [4.78, 5) is 22.4. The van der Waals surface area contributed by atoms with E-state index in [1.807, 2.05) is 24.3 Å². The summed E-state index contributed by atoms with van der Waals surface area (Å²) in [5.41, 5.74) is 3.05. The second-order valence-corrected chi connectivity index (χ2v) is 8.92. The van der Waals surface area contributed by atoms with E-state index < -0.39 is 0 Å². The smallest absolute Gasteiger partial charge is 0.225 e. The highest BCUT2D eigenvalue weighted by molar-refractivity contribution is 7.09. The monoisotopic (exact) mass is 365 g/mol. The number of aromatic nitrogens is 1. The molecule has 0 bridgehead atoms. The minimum absolute atomic E-state index is 0.0892. The predicted molar refractivity (Wildman–Crippen MR) is 100 cm³/mol. The van der Waals surface area contributed by atoms with E-state index in [-0.39, 0.29) is 18.4 Å². The highest BCUT2D eigenvalue weighted by Gasteiger charge is 2.39. The Balaban J connectivity index is 1.57. The van der Waals surface area contributed by atoms with Crippen LogP contribution >= 0.6 is 11.3 Å². The number of piperidine rings is 1. The number of aliphatic hydroxyl groups excluding tert-OH is 1. The first-order chi connectivity index (χ1) is 12.0. The number of hydrogen-bond acceptors (Lipinski definition) is 5. The van der Waals surface area contributed by atoms with E-state index in [1.165, 1.54) is 4.88 Å². The molecule has 25 heavy (non-hydrogen) atoms. The lowest BCUT2D eigenvalue weighted by molar-refractivity contribution is -0.136. The van der Waals surface area contributed by atoms with Crippen LogP contribution in [0.4, 0.5) is 0 Å². The quantitative estimate of drug-likeness (QED) is 0.870. The number of hydrogen-bond donors (Lipinski definition) is 1. The van der Waals surface area contributed by atoms with Gasteiger partial charge in [0.1, 0.15) is 0 Å². The van der Waals surface area contributed by atoms with Gasteiger partial charge in [-0.25, -0.2) is 4.98 Å². The molecular formula is C19H31N3O2S. The third-order valence-corrected chi connectivity index (χ3v) is 6.88. The van der Waals surface area contributed by atoms with E-state index in [9.17, 15) is 9.90 Å². The summed E-state index contributed by atoms with van der Waals surface area (Å²) in [6.07, 6.45) is 2.15. The van der Waals surface area contributed by atoms with Gasteiger partial charge in [0.25, 0.3) is 0 Å². The van der Waals surface area contributed by atoms with E-state index in [1.54, 1.807) is 11.3 Å². The Kier molecular flexibility index (Phi) is 6.12. The van der Waals surface area contributed by atoms with Crippen molar-refractivity contribution in [3.8, 4) is 0 Å². The Morgan fingerprint density at radius 1 is 1.36 bits per heavy atom. The van der Waals surface area contributed by atoms with Crippen molar-refractivity contribution in [1.29, 1.82) is 0 Å². The van der Waals surface area contributed by atoms with Crippen molar-refractivity contribution in [2.45, 2.75) is 40.2 Å². The van der Waals surface area contributed by atoms with Gasteiger partial charge in [0.2, 0.25) is 5.91 Å². The average molecular weight is 366 g/mol. The summed E-state index contributed by atoms with van der Waals surface area (Å²) in [6.45, 7) is 11.1. The maximum atomic E-state index is 12.2. The summed E-state index contributed by atoms with van der Waals surface area (Å²) in [6, 6.07) is 0. The molecule has 5 nitrogen and oxygen atoms in total. The fraction of sp³-hybridized carbons (Fsp3) is 0.789. The number of amides is 1. The van der Waals surface area contributed by atoms with Crippen LogP contribution < -0.4 is 0 Å². The van der Waals surface area contributed by atoms with Crippen LogP contribution in [0.3, 0.4) is 0 Å². The highest BCUT2D eigenvalue weighted by Crippen LogP contribution is 2.36. The molecule has 0 spiro atoms. The number of likely N-dealkylation sites (tertiary alicyclic amines) is 2. The fourth-order valence-corrected chi connectivity index (χ4v) is 5.26. The Morgan fingerprint density at radius 3 is 2.64 bits per heavy atom. The van der Waals surface area contributed by atoms with Gasteiger partial charge in [-0.05, 0) is 37.5 Å². The number of aliphatic hydroxyl groups is 1. The van der Waals surface area contributed by atoms with Gasteiger partial charge in [-0.1, -0.05) is 13.8 Å². The van der Waals surface area contributed by atoms with Gasteiger partial charge in [0, 0.05) is 50.1 Å². The van der Waals surface area contributed by atoms with Gasteiger partial charge in [0.15, 0.2) is 0 Å². The third-order valence-electron chi connectivity index (χ3n) is 5.96. The van der Waals surface area contributed by atoms with Crippen LogP contribution in [0.25, 0.3) is 0 Å². The number of carbonyl (C=O) groups is 1. The van der Waals surface area contributed by atoms with Crippen molar-refractivity contribution in [3.63, 3.8) is 0 Å². The number of thiazole rings is 1. The zero-order valence-corrected chi connectivity index (χ0v) is 16.5. The Morgan fingerprint density at radius 2 is 2.08 bits per heavy atom. The standard InChI is InChI=1S/C19H31N3O2S/c1-13(2)19(24)22-6-4-15(5-7-22)17-9-21(8-16(17)11-23)10-18-14(3)20-12-25-18/h12-13,15-17,23H,4-11H2,1-3H3/t16-,17-/m0/s1. The van der Waals surface area contributed by atoms with Crippen molar-refractivity contribution < 1.29 is 9.90 Å². The molecule has 2 saturated heterocycles. The molecule has 6 heteroatoms. The van der Waals surface area contributed by atoms with Crippen molar-refractivity contribution in [2.24, 2.45) is 23.7 Å². The highest BCUT2D eigenvalue weighted by atomic mass is 32.1. The van der Waals surface area contributed by atoms with Crippen molar-refractivity contribution in [3.05, 3.63) is 16.1 Å². The lowest BCUT2D eigenvalue weighted by atomic mass is 9.78. The maximum absolute atomic E-state index is 12.2.